The highest BCUT2D eigenvalue weighted by Crippen LogP contribution is 2.32. The number of hydrogen-bond donors (Lipinski definition) is 1. The van der Waals surface area contributed by atoms with E-state index in [0.717, 1.165) is 10.7 Å². The number of halogens is 4. The number of pyridine rings is 1. The molecule has 2 aromatic heterocycles. The number of aromatic nitrogens is 3. The summed E-state index contributed by atoms with van der Waals surface area (Å²) in [4.78, 5) is 3.63. The number of rotatable bonds is 2. The third-order valence-electron chi connectivity index (χ3n) is 2.51. The first-order valence-corrected chi connectivity index (χ1v) is 5.65. The van der Waals surface area contributed by atoms with E-state index in [-0.39, 0.29) is 23.1 Å². The first-order valence-electron chi connectivity index (χ1n) is 5.27. The summed E-state index contributed by atoms with van der Waals surface area (Å²) in [6.45, 7) is 0. The lowest BCUT2D eigenvalue weighted by Gasteiger charge is -2.10. The highest BCUT2D eigenvalue weighted by molar-refractivity contribution is 6.32. The molecular weight excluding hydrogens is 295 g/mol. The van der Waals surface area contributed by atoms with E-state index in [1.165, 1.54) is 6.20 Å². The van der Waals surface area contributed by atoms with Gasteiger partial charge < -0.3 is 5.73 Å². The molecule has 20 heavy (non-hydrogen) atoms. The van der Waals surface area contributed by atoms with Gasteiger partial charge in [-0.3, -0.25) is 0 Å². The monoisotopic (exact) mass is 301 g/mol. The van der Waals surface area contributed by atoms with Gasteiger partial charge in [0.05, 0.1) is 29.3 Å². The predicted molar refractivity (Wildman–Crippen MR) is 65.1 cm³/mol. The number of nitrogens with two attached hydrogens (primary N) is 1. The Morgan fingerprint density at radius 1 is 1.40 bits per heavy atom. The standard InChI is InChI=1S/C11H7ClF3N5/c12-8-3-7(11(13,14)15)5-18-10(8)20-9(17)6(1-2-16)4-19-20/h3-5H,1,17H2. The molecule has 0 spiro atoms. The van der Waals surface area contributed by atoms with Crippen molar-refractivity contribution in [2.45, 2.75) is 12.6 Å². The zero-order chi connectivity index (χ0) is 14.9. The molecule has 0 saturated carbocycles. The lowest BCUT2D eigenvalue weighted by atomic mass is 10.2. The molecule has 0 fully saturated rings. The number of nitriles is 1. The minimum Gasteiger partial charge on any atom is -0.383 e. The maximum atomic E-state index is 12.5. The Hall–Kier alpha value is -2.27. The topological polar surface area (TPSA) is 80.5 Å². The fourth-order valence-corrected chi connectivity index (χ4v) is 1.77. The minimum absolute atomic E-state index is 0.0265. The van der Waals surface area contributed by atoms with Crippen molar-refractivity contribution in [2.24, 2.45) is 0 Å². The largest absolute Gasteiger partial charge is 0.417 e. The zero-order valence-corrected chi connectivity index (χ0v) is 10.6. The average Bonchev–Trinajstić information content (AvgIpc) is 2.71. The van der Waals surface area contributed by atoms with Crippen molar-refractivity contribution in [2.75, 3.05) is 5.73 Å². The van der Waals surface area contributed by atoms with Crippen LogP contribution in [-0.2, 0) is 12.6 Å². The Morgan fingerprint density at radius 3 is 2.65 bits per heavy atom. The van der Waals surface area contributed by atoms with E-state index in [4.69, 9.17) is 22.6 Å². The fraction of sp³-hybridized carbons (Fsp3) is 0.182. The molecule has 0 aliphatic heterocycles. The van der Waals surface area contributed by atoms with E-state index in [1.807, 2.05) is 6.07 Å². The molecule has 0 saturated heterocycles. The molecule has 0 amide bonds. The van der Waals surface area contributed by atoms with Crippen LogP contribution in [0, 0.1) is 11.3 Å². The van der Waals surface area contributed by atoms with Crippen LogP contribution in [0.15, 0.2) is 18.5 Å². The summed E-state index contributed by atoms with van der Waals surface area (Å²) in [5, 5.41) is 12.2. The molecule has 0 bridgehead atoms. The van der Waals surface area contributed by atoms with E-state index in [9.17, 15) is 13.2 Å². The van der Waals surface area contributed by atoms with E-state index < -0.39 is 11.7 Å². The summed E-state index contributed by atoms with van der Waals surface area (Å²) in [6, 6.07) is 2.64. The third-order valence-corrected chi connectivity index (χ3v) is 2.78. The Kier molecular flexibility index (Phi) is 3.55. The predicted octanol–water partition coefficient (Wildman–Crippen LogP) is 2.59. The SMILES string of the molecule is N#CCc1cnn(-c2ncc(C(F)(F)F)cc2Cl)c1N. The van der Waals surface area contributed by atoms with Gasteiger partial charge in [-0.1, -0.05) is 11.6 Å². The summed E-state index contributed by atoms with van der Waals surface area (Å²) < 4.78 is 38.6. The molecule has 2 N–H and O–H groups in total. The van der Waals surface area contributed by atoms with Crippen LogP contribution in [0.5, 0.6) is 0 Å². The van der Waals surface area contributed by atoms with E-state index >= 15 is 0 Å². The molecule has 104 valence electrons. The molecule has 0 radical (unpaired) electrons. The van der Waals surface area contributed by atoms with Gasteiger partial charge in [0.1, 0.15) is 5.82 Å². The van der Waals surface area contributed by atoms with Gasteiger partial charge in [-0.2, -0.15) is 28.2 Å². The average molecular weight is 302 g/mol. The smallest absolute Gasteiger partial charge is 0.383 e. The van der Waals surface area contributed by atoms with Gasteiger partial charge >= 0.3 is 6.18 Å². The van der Waals surface area contributed by atoms with Crippen molar-refractivity contribution in [1.82, 2.24) is 14.8 Å². The van der Waals surface area contributed by atoms with Crippen molar-refractivity contribution in [3.05, 3.63) is 34.6 Å². The number of hydrogen-bond acceptors (Lipinski definition) is 4. The number of nitrogens with zero attached hydrogens (tertiary/aromatic N) is 4. The Balaban J connectivity index is 2.47. The van der Waals surface area contributed by atoms with Crippen LogP contribution in [-0.4, -0.2) is 14.8 Å². The quantitative estimate of drug-likeness (QED) is 0.924. The summed E-state index contributed by atoms with van der Waals surface area (Å²) in [6.07, 6.45) is -2.51. The van der Waals surface area contributed by atoms with E-state index in [2.05, 4.69) is 10.1 Å². The van der Waals surface area contributed by atoms with Crippen LogP contribution in [0.1, 0.15) is 11.1 Å². The Labute approximate surface area is 116 Å². The van der Waals surface area contributed by atoms with Crippen LogP contribution in [0.2, 0.25) is 5.02 Å². The number of nitrogen functional groups attached to an aromatic ring is 1. The van der Waals surface area contributed by atoms with Crippen molar-refractivity contribution in [1.29, 1.82) is 5.26 Å². The summed E-state index contributed by atoms with van der Waals surface area (Å²) in [7, 11) is 0. The molecule has 0 aromatic carbocycles. The van der Waals surface area contributed by atoms with E-state index in [0.29, 0.717) is 11.8 Å². The third kappa shape index (κ3) is 2.53. The molecule has 2 aromatic rings. The van der Waals surface area contributed by atoms with E-state index in [1.54, 1.807) is 0 Å². The highest BCUT2D eigenvalue weighted by Gasteiger charge is 2.32. The van der Waals surface area contributed by atoms with Gasteiger partial charge in [-0.15, -0.1) is 0 Å². The molecule has 0 atom stereocenters. The van der Waals surface area contributed by atoms with Crippen molar-refractivity contribution < 1.29 is 13.2 Å². The van der Waals surface area contributed by atoms with Gasteiger partial charge in [-0.05, 0) is 6.07 Å². The second-order valence-corrected chi connectivity index (χ2v) is 4.24. The van der Waals surface area contributed by atoms with Crippen LogP contribution >= 0.6 is 11.6 Å². The Morgan fingerprint density at radius 2 is 2.10 bits per heavy atom. The second-order valence-electron chi connectivity index (χ2n) is 3.83. The summed E-state index contributed by atoms with van der Waals surface area (Å²) >= 11 is 5.78. The molecule has 0 aliphatic rings. The molecule has 2 rings (SSSR count). The molecule has 2 heterocycles. The van der Waals surface area contributed by atoms with Gasteiger partial charge in [-0.25, -0.2) is 4.98 Å². The zero-order valence-electron chi connectivity index (χ0n) is 9.82. The van der Waals surface area contributed by atoms with Crippen LogP contribution < -0.4 is 5.73 Å². The lowest BCUT2D eigenvalue weighted by molar-refractivity contribution is -0.137. The molecule has 0 unspecified atom stereocenters. The first kappa shape index (κ1) is 14.1. The summed E-state index contributed by atoms with van der Waals surface area (Å²) in [5.41, 5.74) is 5.23. The fourth-order valence-electron chi connectivity index (χ4n) is 1.52. The summed E-state index contributed by atoms with van der Waals surface area (Å²) in [5.74, 6) is 0.0852. The van der Waals surface area contributed by atoms with Gasteiger partial charge in [0, 0.05) is 11.8 Å². The number of anilines is 1. The van der Waals surface area contributed by atoms with Crippen LogP contribution in [0.3, 0.4) is 0 Å². The molecule has 9 heteroatoms. The maximum absolute atomic E-state index is 12.5. The van der Waals surface area contributed by atoms with Gasteiger partial charge in [0.15, 0.2) is 5.82 Å². The molecule has 5 nitrogen and oxygen atoms in total. The minimum atomic E-state index is -4.53. The van der Waals surface area contributed by atoms with Crippen LogP contribution in [0.4, 0.5) is 19.0 Å². The van der Waals surface area contributed by atoms with Crippen LogP contribution in [0.25, 0.3) is 5.82 Å². The van der Waals surface area contributed by atoms with Crippen molar-refractivity contribution in [3.63, 3.8) is 0 Å². The maximum Gasteiger partial charge on any atom is 0.417 e. The van der Waals surface area contributed by atoms with Gasteiger partial charge in [0.25, 0.3) is 0 Å². The first-order chi connectivity index (χ1) is 9.34. The molecule has 0 aliphatic carbocycles. The second kappa shape index (κ2) is 5.02. The normalized spacial score (nSPS) is 11.3. The lowest BCUT2D eigenvalue weighted by Crippen LogP contribution is -2.09. The van der Waals surface area contributed by atoms with Crippen molar-refractivity contribution >= 4 is 17.4 Å². The van der Waals surface area contributed by atoms with Crippen molar-refractivity contribution in [3.8, 4) is 11.9 Å². The molecular formula is C11H7ClF3N5. The Bertz CT molecular complexity index is 686. The number of alkyl halides is 3. The highest BCUT2D eigenvalue weighted by atomic mass is 35.5. The van der Waals surface area contributed by atoms with Gasteiger partial charge in [0.2, 0.25) is 0 Å².